The number of pyridine rings is 1. The van der Waals surface area contributed by atoms with Gasteiger partial charge in [-0.25, -0.2) is 0 Å². The highest BCUT2D eigenvalue weighted by molar-refractivity contribution is 5.75. The summed E-state index contributed by atoms with van der Waals surface area (Å²) in [5, 5.41) is 14.3. The van der Waals surface area contributed by atoms with Crippen LogP contribution in [0.5, 0.6) is 0 Å². The van der Waals surface area contributed by atoms with E-state index >= 15 is 0 Å². The maximum atomic E-state index is 9.42. The summed E-state index contributed by atoms with van der Waals surface area (Å²) < 4.78 is 1.91. The van der Waals surface area contributed by atoms with Crippen LogP contribution in [0.25, 0.3) is 22.6 Å². The van der Waals surface area contributed by atoms with E-state index in [2.05, 4.69) is 29.2 Å². The van der Waals surface area contributed by atoms with Crippen LogP contribution in [-0.2, 0) is 19.4 Å². The first kappa shape index (κ1) is 14.2. The maximum absolute atomic E-state index is 9.42. The Kier molecular flexibility index (Phi) is 3.67. The summed E-state index contributed by atoms with van der Waals surface area (Å²) in [7, 11) is 0. The van der Waals surface area contributed by atoms with Gasteiger partial charge in [0.25, 0.3) is 0 Å². The normalized spacial score (nSPS) is 13.3. The molecular weight excluding hydrogens is 286 g/mol. The molecule has 1 N–H and O–H groups in total. The number of hydrogen-bond donors (Lipinski definition) is 1. The Balaban J connectivity index is 1.96. The lowest BCUT2D eigenvalue weighted by atomic mass is 10.0. The number of hydrogen-bond acceptors (Lipinski definition) is 3. The summed E-state index contributed by atoms with van der Waals surface area (Å²) in [6.07, 6.45) is 4.98. The lowest BCUT2D eigenvalue weighted by Gasteiger charge is -2.08. The van der Waals surface area contributed by atoms with Gasteiger partial charge < -0.3 is 5.11 Å². The van der Waals surface area contributed by atoms with Gasteiger partial charge in [-0.1, -0.05) is 30.3 Å². The van der Waals surface area contributed by atoms with Crippen LogP contribution in [0, 0.1) is 0 Å². The molecule has 23 heavy (non-hydrogen) atoms. The van der Waals surface area contributed by atoms with Gasteiger partial charge in [0.15, 0.2) is 0 Å². The fourth-order valence-electron chi connectivity index (χ4n) is 3.42. The Morgan fingerprint density at radius 2 is 1.91 bits per heavy atom. The van der Waals surface area contributed by atoms with Crippen molar-refractivity contribution in [2.45, 2.75) is 25.8 Å². The zero-order valence-electron chi connectivity index (χ0n) is 12.9. The molecule has 0 fully saturated rings. The number of rotatable bonds is 3. The van der Waals surface area contributed by atoms with Crippen LogP contribution >= 0.6 is 0 Å². The van der Waals surface area contributed by atoms with Crippen molar-refractivity contribution < 1.29 is 5.11 Å². The lowest BCUT2D eigenvalue weighted by molar-refractivity contribution is 0.270. The van der Waals surface area contributed by atoms with E-state index in [4.69, 9.17) is 5.10 Å². The minimum atomic E-state index is 0.0715. The molecule has 1 aliphatic carbocycles. The number of aliphatic hydroxyl groups is 1. The van der Waals surface area contributed by atoms with E-state index in [1.807, 2.05) is 29.1 Å². The van der Waals surface area contributed by atoms with Gasteiger partial charge in [0.2, 0.25) is 0 Å². The summed E-state index contributed by atoms with van der Waals surface area (Å²) in [5.41, 5.74) is 6.84. The lowest BCUT2D eigenvalue weighted by Crippen LogP contribution is -2.07. The first-order valence-electron chi connectivity index (χ1n) is 8.08. The topological polar surface area (TPSA) is 50.9 Å². The number of aliphatic hydroxyl groups excluding tert-OH is 1. The maximum Gasteiger partial charge on any atom is 0.0965 e. The Labute approximate surface area is 135 Å². The molecular formula is C19H19N3O. The van der Waals surface area contributed by atoms with E-state index in [1.165, 1.54) is 16.7 Å². The average Bonchev–Trinajstić information content (AvgIpc) is 2.85. The summed E-state index contributed by atoms with van der Waals surface area (Å²) in [6.45, 7) is 0.559. The fourth-order valence-corrected chi connectivity index (χ4v) is 3.42. The zero-order chi connectivity index (χ0) is 15.6. The fraction of sp³-hybridized carbons (Fsp3) is 0.263. The molecule has 0 radical (unpaired) electrons. The number of nitrogens with zero attached hydrogens (tertiary/aromatic N) is 3. The van der Waals surface area contributed by atoms with Crippen LogP contribution < -0.4 is 0 Å². The molecule has 0 saturated heterocycles. The molecule has 0 spiro atoms. The molecule has 0 unspecified atom stereocenters. The van der Waals surface area contributed by atoms with Gasteiger partial charge in [-0.2, -0.15) is 5.10 Å². The SMILES string of the molecule is OCCn1nc2c(c1-c1ccccn1)CCCc1ccccc1-2. The molecule has 4 heteroatoms. The van der Waals surface area contributed by atoms with E-state index in [1.54, 1.807) is 0 Å². The number of aromatic nitrogens is 3. The molecule has 1 aromatic carbocycles. The summed E-state index contributed by atoms with van der Waals surface area (Å²) in [4.78, 5) is 4.52. The van der Waals surface area contributed by atoms with E-state index < -0.39 is 0 Å². The van der Waals surface area contributed by atoms with Gasteiger partial charge >= 0.3 is 0 Å². The molecule has 0 saturated carbocycles. The Morgan fingerprint density at radius 1 is 1.04 bits per heavy atom. The molecule has 0 atom stereocenters. The Hall–Kier alpha value is -2.46. The van der Waals surface area contributed by atoms with Crippen LogP contribution in [0.4, 0.5) is 0 Å². The zero-order valence-corrected chi connectivity index (χ0v) is 12.9. The molecule has 1 aliphatic rings. The standard InChI is InChI=1S/C19H19N3O/c23-13-12-22-19(17-10-3-4-11-20-17)16-9-5-7-14-6-1-2-8-15(14)18(16)21-22/h1-4,6,8,10-11,23H,5,7,9,12-13H2. The van der Waals surface area contributed by atoms with Gasteiger partial charge in [-0.3, -0.25) is 9.67 Å². The third kappa shape index (κ3) is 2.45. The van der Waals surface area contributed by atoms with E-state index in [0.29, 0.717) is 6.54 Å². The third-order valence-electron chi connectivity index (χ3n) is 4.42. The summed E-state index contributed by atoms with van der Waals surface area (Å²) in [5.74, 6) is 0. The van der Waals surface area contributed by atoms with E-state index in [-0.39, 0.29) is 6.61 Å². The molecule has 116 valence electrons. The van der Waals surface area contributed by atoms with Crippen molar-refractivity contribution in [3.8, 4) is 22.6 Å². The van der Waals surface area contributed by atoms with Gasteiger partial charge in [0, 0.05) is 17.3 Å². The minimum Gasteiger partial charge on any atom is -0.394 e. The molecule has 4 nitrogen and oxygen atoms in total. The van der Waals surface area contributed by atoms with Crippen LogP contribution in [-0.4, -0.2) is 26.5 Å². The molecule has 0 aliphatic heterocycles. The molecule has 2 heterocycles. The Bertz CT molecular complexity index is 824. The van der Waals surface area contributed by atoms with Crippen LogP contribution in [0.15, 0.2) is 48.7 Å². The first-order valence-corrected chi connectivity index (χ1v) is 8.08. The summed E-state index contributed by atoms with van der Waals surface area (Å²) >= 11 is 0. The van der Waals surface area contributed by atoms with E-state index in [9.17, 15) is 5.11 Å². The third-order valence-corrected chi connectivity index (χ3v) is 4.42. The van der Waals surface area contributed by atoms with Gasteiger partial charge in [0.1, 0.15) is 0 Å². The van der Waals surface area contributed by atoms with Gasteiger partial charge in [-0.05, 0) is 37.0 Å². The van der Waals surface area contributed by atoms with Crippen LogP contribution in [0.3, 0.4) is 0 Å². The number of aryl methyl sites for hydroxylation is 1. The molecule has 0 bridgehead atoms. The molecule has 0 amide bonds. The largest absolute Gasteiger partial charge is 0.394 e. The van der Waals surface area contributed by atoms with Crippen molar-refractivity contribution in [1.82, 2.24) is 14.8 Å². The predicted molar refractivity (Wildman–Crippen MR) is 90.0 cm³/mol. The smallest absolute Gasteiger partial charge is 0.0965 e. The average molecular weight is 305 g/mol. The molecule has 4 rings (SSSR count). The summed E-state index contributed by atoms with van der Waals surface area (Å²) in [6, 6.07) is 14.4. The van der Waals surface area contributed by atoms with Crippen molar-refractivity contribution >= 4 is 0 Å². The predicted octanol–water partition coefficient (Wildman–Crippen LogP) is 3.09. The second-order valence-electron chi connectivity index (χ2n) is 5.85. The highest BCUT2D eigenvalue weighted by Gasteiger charge is 2.24. The molecule has 2 aromatic heterocycles. The van der Waals surface area contributed by atoms with Gasteiger partial charge in [-0.15, -0.1) is 0 Å². The number of benzene rings is 1. The van der Waals surface area contributed by atoms with Gasteiger partial charge in [0.05, 0.1) is 30.2 Å². The van der Waals surface area contributed by atoms with E-state index in [0.717, 1.165) is 36.3 Å². The molecule has 3 aromatic rings. The second kappa shape index (κ2) is 5.97. The van der Waals surface area contributed by atoms with Crippen molar-refractivity contribution in [2.75, 3.05) is 6.61 Å². The monoisotopic (exact) mass is 305 g/mol. The highest BCUT2D eigenvalue weighted by Crippen LogP contribution is 2.36. The van der Waals surface area contributed by atoms with Crippen LogP contribution in [0.2, 0.25) is 0 Å². The minimum absolute atomic E-state index is 0.0715. The second-order valence-corrected chi connectivity index (χ2v) is 5.85. The Morgan fingerprint density at radius 3 is 2.74 bits per heavy atom. The van der Waals surface area contributed by atoms with Crippen molar-refractivity contribution in [3.63, 3.8) is 0 Å². The first-order chi connectivity index (χ1) is 11.4. The highest BCUT2D eigenvalue weighted by atomic mass is 16.3. The van der Waals surface area contributed by atoms with Crippen molar-refractivity contribution in [1.29, 1.82) is 0 Å². The quantitative estimate of drug-likeness (QED) is 0.809. The number of fused-ring (bicyclic) bond motifs is 3. The van der Waals surface area contributed by atoms with Crippen molar-refractivity contribution in [3.05, 3.63) is 59.8 Å². The van der Waals surface area contributed by atoms with Crippen molar-refractivity contribution in [2.24, 2.45) is 0 Å². The van der Waals surface area contributed by atoms with Crippen LogP contribution in [0.1, 0.15) is 17.5 Å².